The van der Waals surface area contributed by atoms with Crippen molar-refractivity contribution in [2.24, 2.45) is 7.05 Å². The number of rotatable bonds is 3. The van der Waals surface area contributed by atoms with Crippen molar-refractivity contribution in [3.63, 3.8) is 0 Å². The first-order valence-corrected chi connectivity index (χ1v) is 7.12. The van der Waals surface area contributed by atoms with E-state index >= 15 is 0 Å². The van der Waals surface area contributed by atoms with Crippen LogP contribution in [0.25, 0.3) is 0 Å². The van der Waals surface area contributed by atoms with Crippen molar-refractivity contribution in [2.45, 2.75) is 33.4 Å². The van der Waals surface area contributed by atoms with Crippen LogP contribution in [0.3, 0.4) is 0 Å². The Hall–Kier alpha value is -1.86. The SMILES string of the molecule is Cc1nn(C)c(C)c1CNC(=O)c1n[nH]c2c1CNCC2.Cl. The molecule has 0 spiro atoms. The maximum Gasteiger partial charge on any atom is 0.272 e. The Labute approximate surface area is 135 Å². The number of H-pyrrole nitrogens is 1. The minimum atomic E-state index is -0.140. The summed E-state index contributed by atoms with van der Waals surface area (Å²) in [7, 11) is 1.91. The molecule has 3 heterocycles. The summed E-state index contributed by atoms with van der Waals surface area (Å²) in [6.07, 6.45) is 0.885. The number of halogens is 1. The molecule has 0 radical (unpaired) electrons. The van der Waals surface area contributed by atoms with Crippen LogP contribution in [-0.4, -0.2) is 32.4 Å². The highest BCUT2D eigenvalue weighted by Gasteiger charge is 2.21. The average Bonchev–Trinajstić information content (AvgIpc) is 3.00. The zero-order chi connectivity index (χ0) is 15.0. The van der Waals surface area contributed by atoms with Gasteiger partial charge in [0.05, 0.1) is 5.69 Å². The van der Waals surface area contributed by atoms with Gasteiger partial charge >= 0.3 is 0 Å². The average molecular weight is 325 g/mol. The Morgan fingerprint density at radius 2 is 2.18 bits per heavy atom. The van der Waals surface area contributed by atoms with Gasteiger partial charge < -0.3 is 10.6 Å². The highest BCUT2D eigenvalue weighted by Crippen LogP contribution is 2.16. The maximum absolute atomic E-state index is 12.3. The molecule has 0 saturated heterocycles. The molecule has 0 bridgehead atoms. The third kappa shape index (κ3) is 2.86. The van der Waals surface area contributed by atoms with Crippen molar-refractivity contribution in [1.82, 2.24) is 30.6 Å². The van der Waals surface area contributed by atoms with Gasteiger partial charge in [-0.2, -0.15) is 10.2 Å². The minimum Gasteiger partial charge on any atom is -0.346 e. The van der Waals surface area contributed by atoms with E-state index in [1.165, 1.54) is 0 Å². The van der Waals surface area contributed by atoms with Crippen LogP contribution < -0.4 is 10.6 Å². The lowest BCUT2D eigenvalue weighted by molar-refractivity contribution is 0.0944. The van der Waals surface area contributed by atoms with Crippen molar-refractivity contribution in [2.75, 3.05) is 6.54 Å². The Bertz CT molecular complexity index is 690. The molecule has 3 N–H and O–H groups in total. The van der Waals surface area contributed by atoms with Gasteiger partial charge in [-0.05, 0) is 13.8 Å². The number of hydrogen-bond acceptors (Lipinski definition) is 4. The number of amides is 1. The number of aromatic amines is 1. The van der Waals surface area contributed by atoms with Crippen molar-refractivity contribution < 1.29 is 4.79 Å². The Kier molecular flexibility index (Phi) is 4.87. The molecule has 0 aliphatic carbocycles. The molecule has 7 nitrogen and oxygen atoms in total. The highest BCUT2D eigenvalue weighted by molar-refractivity contribution is 5.94. The van der Waals surface area contributed by atoms with E-state index in [1.54, 1.807) is 0 Å². The van der Waals surface area contributed by atoms with Crippen LogP contribution in [0.1, 0.15) is 38.7 Å². The maximum atomic E-state index is 12.3. The van der Waals surface area contributed by atoms with E-state index in [9.17, 15) is 4.79 Å². The molecule has 120 valence electrons. The molecule has 1 amide bonds. The fourth-order valence-corrected chi connectivity index (χ4v) is 2.74. The number of nitrogens with one attached hydrogen (secondary N) is 3. The molecule has 1 aliphatic rings. The van der Waals surface area contributed by atoms with Gasteiger partial charge in [-0.3, -0.25) is 14.6 Å². The van der Waals surface area contributed by atoms with Crippen LogP contribution in [0.5, 0.6) is 0 Å². The van der Waals surface area contributed by atoms with E-state index in [2.05, 4.69) is 25.9 Å². The van der Waals surface area contributed by atoms with Gasteiger partial charge in [0.25, 0.3) is 5.91 Å². The number of aryl methyl sites for hydroxylation is 2. The zero-order valence-electron chi connectivity index (χ0n) is 13.0. The van der Waals surface area contributed by atoms with Crippen LogP contribution in [-0.2, 0) is 26.6 Å². The van der Waals surface area contributed by atoms with Crippen LogP contribution in [0.15, 0.2) is 0 Å². The summed E-state index contributed by atoms with van der Waals surface area (Å²) in [5.74, 6) is -0.140. The van der Waals surface area contributed by atoms with Crippen molar-refractivity contribution >= 4 is 18.3 Å². The number of carbonyl (C=O) groups is 1. The van der Waals surface area contributed by atoms with E-state index in [1.807, 2.05) is 25.6 Å². The van der Waals surface area contributed by atoms with Gasteiger partial charge in [-0.1, -0.05) is 0 Å². The summed E-state index contributed by atoms with van der Waals surface area (Å²) in [5.41, 5.74) is 5.62. The molecule has 0 aromatic carbocycles. The van der Waals surface area contributed by atoms with Crippen LogP contribution in [0, 0.1) is 13.8 Å². The second-order valence-electron chi connectivity index (χ2n) is 5.41. The van der Waals surface area contributed by atoms with Crippen LogP contribution >= 0.6 is 12.4 Å². The number of hydrogen-bond donors (Lipinski definition) is 3. The number of fused-ring (bicyclic) bond motifs is 1. The molecule has 3 rings (SSSR count). The first-order chi connectivity index (χ1) is 10.1. The number of aromatic nitrogens is 4. The summed E-state index contributed by atoms with van der Waals surface area (Å²) < 4.78 is 1.83. The van der Waals surface area contributed by atoms with Gasteiger partial charge in [0.2, 0.25) is 0 Å². The Balaban J connectivity index is 0.00000176. The van der Waals surface area contributed by atoms with Crippen LogP contribution in [0.2, 0.25) is 0 Å². The van der Waals surface area contributed by atoms with E-state index in [0.29, 0.717) is 18.8 Å². The van der Waals surface area contributed by atoms with E-state index < -0.39 is 0 Å². The lowest BCUT2D eigenvalue weighted by Crippen LogP contribution is -2.28. The third-order valence-corrected chi connectivity index (χ3v) is 4.11. The second kappa shape index (κ2) is 6.50. The van der Waals surface area contributed by atoms with Crippen molar-refractivity contribution in [3.05, 3.63) is 33.9 Å². The number of nitrogens with zero attached hydrogens (tertiary/aromatic N) is 3. The highest BCUT2D eigenvalue weighted by atomic mass is 35.5. The smallest absolute Gasteiger partial charge is 0.272 e. The van der Waals surface area contributed by atoms with Crippen molar-refractivity contribution in [3.8, 4) is 0 Å². The number of carbonyl (C=O) groups excluding carboxylic acids is 1. The topological polar surface area (TPSA) is 87.6 Å². The largest absolute Gasteiger partial charge is 0.346 e. The lowest BCUT2D eigenvalue weighted by Gasteiger charge is -2.12. The molecule has 0 atom stereocenters. The van der Waals surface area contributed by atoms with Crippen molar-refractivity contribution in [1.29, 1.82) is 0 Å². The summed E-state index contributed by atoms with van der Waals surface area (Å²) >= 11 is 0. The Morgan fingerprint density at radius 1 is 1.41 bits per heavy atom. The van der Waals surface area contributed by atoms with Gasteiger partial charge in [-0.25, -0.2) is 0 Å². The zero-order valence-corrected chi connectivity index (χ0v) is 13.8. The lowest BCUT2D eigenvalue weighted by atomic mass is 10.1. The van der Waals surface area contributed by atoms with Gasteiger partial charge in [-0.15, -0.1) is 12.4 Å². The molecule has 0 saturated carbocycles. The summed E-state index contributed by atoms with van der Waals surface area (Å²) in [6.45, 7) is 6.04. The fraction of sp³-hybridized carbons (Fsp3) is 0.500. The molecule has 8 heteroatoms. The molecule has 22 heavy (non-hydrogen) atoms. The summed E-state index contributed by atoms with van der Waals surface area (Å²) in [6, 6.07) is 0. The molecule has 2 aromatic heterocycles. The van der Waals surface area contributed by atoms with Crippen LogP contribution in [0.4, 0.5) is 0 Å². The standard InChI is InChI=1S/C14H20N6O.ClH/c1-8-10(9(2)20(3)19-8)7-16-14(21)13-11-6-15-5-4-12(11)17-18-13;/h15H,4-7H2,1-3H3,(H,16,21)(H,17,18);1H. The summed E-state index contributed by atoms with van der Waals surface area (Å²) in [5, 5.41) is 17.7. The van der Waals surface area contributed by atoms with E-state index in [0.717, 1.165) is 41.2 Å². The fourth-order valence-electron chi connectivity index (χ4n) is 2.74. The Morgan fingerprint density at radius 3 is 2.86 bits per heavy atom. The molecule has 0 unspecified atom stereocenters. The molecule has 2 aromatic rings. The second-order valence-corrected chi connectivity index (χ2v) is 5.41. The van der Waals surface area contributed by atoms with Gasteiger partial charge in [0.15, 0.2) is 5.69 Å². The first-order valence-electron chi connectivity index (χ1n) is 7.12. The summed E-state index contributed by atoms with van der Waals surface area (Å²) in [4.78, 5) is 12.3. The van der Waals surface area contributed by atoms with Gasteiger partial charge in [0, 0.05) is 55.6 Å². The first kappa shape index (κ1) is 16.5. The molecule has 0 fully saturated rings. The quantitative estimate of drug-likeness (QED) is 0.778. The normalized spacial score (nSPS) is 13.4. The monoisotopic (exact) mass is 324 g/mol. The minimum absolute atomic E-state index is 0. The van der Waals surface area contributed by atoms with Gasteiger partial charge in [0.1, 0.15) is 0 Å². The predicted octanol–water partition coefficient (Wildman–Crippen LogP) is 0.758. The molecule has 1 aliphatic heterocycles. The molecular weight excluding hydrogens is 304 g/mol. The predicted molar refractivity (Wildman–Crippen MR) is 85.1 cm³/mol. The van der Waals surface area contributed by atoms with E-state index in [-0.39, 0.29) is 18.3 Å². The van der Waals surface area contributed by atoms with E-state index in [4.69, 9.17) is 0 Å². The third-order valence-electron chi connectivity index (χ3n) is 4.11. The molecular formula is C14H21ClN6O.